The molecule has 2 aromatic rings. The maximum atomic E-state index is 13.0. The number of anilines is 2. The Hall–Kier alpha value is -3.30. The van der Waals surface area contributed by atoms with Crippen LogP contribution in [0.3, 0.4) is 0 Å². The van der Waals surface area contributed by atoms with Crippen LogP contribution in [-0.4, -0.2) is 46.4 Å². The number of hydrogen-bond acceptors (Lipinski definition) is 8. The minimum absolute atomic E-state index is 0.00862. The molecular weight excluding hydrogens is 355 g/mol. The summed E-state index contributed by atoms with van der Waals surface area (Å²) >= 11 is 0. The molecule has 2 aromatic carbocycles. The summed E-state index contributed by atoms with van der Waals surface area (Å²) in [5, 5.41) is 27.2. The SMILES string of the molecule is O=C1OC(C(O)CO)C(=N/Nc2ccc(F)cc2)/C1=N/Nc1ccccc1. The molecule has 1 heterocycles. The topological polar surface area (TPSA) is 116 Å². The average molecular weight is 372 g/mol. The van der Waals surface area contributed by atoms with Crippen LogP contribution in [0, 0.1) is 5.82 Å². The number of nitrogens with one attached hydrogen (secondary N) is 2. The normalized spacial score (nSPS) is 20.6. The highest BCUT2D eigenvalue weighted by Crippen LogP contribution is 2.17. The number of aliphatic hydroxyl groups is 2. The van der Waals surface area contributed by atoms with Gasteiger partial charge in [0.1, 0.15) is 17.6 Å². The maximum Gasteiger partial charge on any atom is 0.361 e. The van der Waals surface area contributed by atoms with Crippen molar-refractivity contribution in [2.24, 2.45) is 10.2 Å². The molecule has 0 bridgehead atoms. The van der Waals surface area contributed by atoms with E-state index in [0.717, 1.165) is 0 Å². The van der Waals surface area contributed by atoms with Gasteiger partial charge in [-0.05, 0) is 36.4 Å². The summed E-state index contributed by atoms with van der Waals surface area (Å²) in [5.41, 5.74) is 6.32. The van der Waals surface area contributed by atoms with E-state index in [4.69, 9.17) is 4.74 Å². The summed E-state index contributed by atoms with van der Waals surface area (Å²) in [6.45, 7) is -0.632. The van der Waals surface area contributed by atoms with Gasteiger partial charge in [-0.1, -0.05) is 18.2 Å². The Labute approximate surface area is 154 Å². The van der Waals surface area contributed by atoms with Crippen molar-refractivity contribution in [2.45, 2.75) is 12.2 Å². The Morgan fingerprint density at radius 1 is 1.04 bits per heavy atom. The summed E-state index contributed by atoms with van der Waals surface area (Å²) in [7, 11) is 0. The summed E-state index contributed by atoms with van der Waals surface area (Å²) in [4.78, 5) is 12.1. The highest BCUT2D eigenvalue weighted by atomic mass is 19.1. The summed E-state index contributed by atoms with van der Waals surface area (Å²) < 4.78 is 18.1. The van der Waals surface area contributed by atoms with E-state index in [1.54, 1.807) is 24.3 Å². The van der Waals surface area contributed by atoms with Crippen molar-refractivity contribution in [1.82, 2.24) is 0 Å². The molecule has 1 aliphatic rings. The quantitative estimate of drug-likeness (QED) is 0.449. The molecule has 27 heavy (non-hydrogen) atoms. The minimum Gasteiger partial charge on any atom is -0.448 e. The molecule has 0 radical (unpaired) electrons. The third-order valence-electron chi connectivity index (χ3n) is 3.70. The lowest BCUT2D eigenvalue weighted by atomic mass is 10.1. The molecule has 4 N–H and O–H groups in total. The first-order chi connectivity index (χ1) is 13.1. The molecule has 0 aliphatic carbocycles. The van der Waals surface area contributed by atoms with E-state index < -0.39 is 30.6 Å². The van der Waals surface area contributed by atoms with Gasteiger partial charge in [-0.2, -0.15) is 10.2 Å². The highest BCUT2D eigenvalue weighted by Gasteiger charge is 2.42. The fourth-order valence-electron chi connectivity index (χ4n) is 2.32. The molecule has 1 saturated heterocycles. The number of halogens is 1. The van der Waals surface area contributed by atoms with E-state index in [2.05, 4.69) is 21.1 Å². The van der Waals surface area contributed by atoms with Crippen molar-refractivity contribution in [3.63, 3.8) is 0 Å². The lowest BCUT2D eigenvalue weighted by molar-refractivity contribution is -0.140. The van der Waals surface area contributed by atoms with E-state index in [1.165, 1.54) is 24.3 Å². The molecule has 1 aliphatic heterocycles. The van der Waals surface area contributed by atoms with E-state index in [0.29, 0.717) is 11.4 Å². The zero-order chi connectivity index (χ0) is 19.2. The molecule has 8 nitrogen and oxygen atoms in total. The molecule has 1 fully saturated rings. The molecule has 2 unspecified atom stereocenters. The number of esters is 1. The van der Waals surface area contributed by atoms with Crippen LogP contribution in [0.1, 0.15) is 0 Å². The minimum atomic E-state index is -1.37. The number of hydrazone groups is 2. The Balaban J connectivity index is 1.87. The zero-order valence-corrected chi connectivity index (χ0v) is 14.0. The van der Waals surface area contributed by atoms with E-state index in [9.17, 15) is 19.4 Å². The van der Waals surface area contributed by atoms with Gasteiger partial charge in [0.15, 0.2) is 11.8 Å². The highest BCUT2D eigenvalue weighted by molar-refractivity contribution is 6.69. The number of cyclic esters (lactones) is 1. The van der Waals surface area contributed by atoms with Crippen LogP contribution >= 0.6 is 0 Å². The van der Waals surface area contributed by atoms with Crippen molar-refractivity contribution >= 4 is 28.8 Å². The Kier molecular flexibility index (Phi) is 5.74. The van der Waals surface area contributed by atoms with Crippen molar-refractivity contribution in [1.29, 1.82) is 0 Å². The van der Waals surface area contributed by atoms with Gasteiger partial charge in [-0.15, -0.1) is 0 Å². The van der Waals surface area contributed by atoms with Crippen molar-refractivity contribution in [3.8, 4) is 0 Å². The number of hydrogen-bond donors (Lipinski definition) is 4. The van der Waals surface area contributed by atoms with Crippen LogP contribution in [0.5, 0.6) is 0 Å². The third kappa shape index (κ3) is 4.46. The van der Waals surface area contributed by atoms with E-state index in [-0.39, 0.29) is 11.4 Å². The summed E-state index contributed by atoms with van der Waals surface area (Å²) in [6.07, 6.45) is -2.56. The van der Waals surface area contributed by atoms with Gasteiger partial charge in [-0.25, -0.2) is 9.18 Å². The lowest BCUT2D eigenvalue weighted by Gasteiger charge is -2.14. The molecule has 0 aromatic heterocycles. The molecule has 3 rings (SSSR count). The Bertz CT molecular complexity index is 855. The van der Waals surface area contributed by atoms with Gasteiger partial charge in [0, 0.05) is 0 Å². The number of benzene rings is 2. The Morgan fingerprint density at radius 2 is 1.67 bits per heavy atom. The predicted octanol–water partition coefficient (Wildman–Crippen LogP) is 1.34. The number of carbonyl (C=O) groups is 1. The van der Waals surface area contributed by atoms with Crippen molar-refractivity contribution < 1.29 is 24.1 Å². The van der Waals surface area contributed by atoms with Crippen LogP contribution in [0.4, 0.5) is 15.8 Å². The second-order valence-electron chi connectivity index (χ2n) is 5.63. The first kappa shape index (κ1) is 18.5. The largest absolute Gasteiger partial charge is 0.448 e. The second kappa shape index (κ2) is 8.39. The number of ether oxygens (including phenoxy) is 1. The molecule has 2 atom stereocenters. The van der Waals surface area contributed by atoms with E-state index >= 15 is 0 Å². The van der Waals surface area contributed by atoms with Crippen LogP contribution in [-0.2, 0) is 9.53 Å². The molecule has 0 spiro atoms. The molecule has 0 saturated carbocycles. The lowest BCUT2D eigenvalue weighted by Crippen LogP contribution is -2.36. The van der Waals surface area contributed by atoms with Gasteiger partial charge >= 0.3 is 5.97 Å². The van der Waals surface area contributed by atoms with E-state index in [1.807, 2.05) is 6.07 Å². The first-order valence-electron chi connectivity index (χ1n) is 8.06. The van der Waals surface area contributed by atoms with Gasteiger partial charge in [0.2, 0.25) is 0 Å². The standard InChI is InChI=1S/C18H17FN4O4/c19-11-6-8-13(9-7-11)21-22-15-16(18(26)27-17(15)14(25)10-24)23-20-12-4-2-1-3-5-12/h1-9,14,17,20-21,24-25H,10H2/b22-15+,23-16-. The Morgan fingerprint density at radius 3 is 2.33 bits per heavy atom. The van der Waals surface area contributed by atoms with Crippen LogP contribution < -0.4 is 10.9 Å². The van der Waals surface area contributed by atoms with Gasteiger partial charge in [-0.3, -0.25) is 10.9 Å². The maximum absolute atomic E-state index is 13.0. The fraction of sp³-hybridized carbons (Fsp3) is 0.167. The number of nitrogens with zero attached hydrogens (tertiary/aromatic N) is 2. The zero-order valence-electron chi connectivity index (χ0n) is 14.0. The fourth-order valence-corrected chi connectivity index (χ4v) is 2.32. The van der Waals surface area contributed by atoms with Crippen molar-refractivity contribution in [2.75, 3.05) is 17.5 Å². The number of aliphatic hydroxyl groups excluding tert-OH is 2. The number of carbonyl (C=O) groups excluding carboxylic acids is 1. The van der Waals surface area contributed by atoms with Crippen molar-refractivity contribution in [3.05, 3.63) is 60.4 Å². The van der Waals surface area contributed by atoms with Crippen LogP contribution in [0.2, 0.25) is 0 Å². The number of rotatable bonds is 6. The molecule has 140 valence electrons. The smallest absolute Gasteiger partial charge is 0.361 e. The monoisotopic (exact) mass is 372 g/mol. The van der Waals surface area contributed by atoms with Crippen LogP contribution in [0.25, 0.3) is 0 Å². The molecule has 9 heteroatoms. The van der Waals surface area contributed by atoms with Gasteiger partial charge in [0.25, 0.3) is 0 Å². The molecule has 0 amide bonds. The van der Waals surface area contributed by atoms with Gasteiger partial charge < -0.3 is 14.9 Å². The third-order valence-corrected chi connectivity index (χ3v) is 3.70. The summed E-state index contributed by atoms with van der Waals surface area (Å²) in [6, 6.07) is 14.3. The average Bonchev–Trinajstić information content (AvgIpc) is 3.01. The first-order valence-corrected chi connectivity index (χ1v) is 8.06. The molecular formula is C18H17FN4O4. The van der Waals surface area contributed by atoms with Crippen LogP contribution in [0.15, 0.2) is 64.8 Å². The second-order valence-corrected chi connectivity index (χ2v) is 5.63. The predicted molar refractivity (Wildman–Crippen MR) is 97.9 cm³/mol. The summed E-state index contributed by atoms with van der Waals surface area (Å²) in [5.74, 6) is -1.20. The van der Waals surface area contributed by atoms with Gasteiger partial charge in [0.05, 0.1) is 18.0 Å². The number of para-hydroxylation sites is 1.